The summed E-state index contributed by atoms with van der Waals surface area (Å²) in [4.78, 5) is 23.4. The maximum atomic E-state index is 12.8. The summed E-state index contributed by atoms with van der Waals surface area (Å²) in [6.45, 7) is 1.89. The minimum absolute atomic E-state index is 0.0747. The topological polar surface area (TPSA) is 81.1 Å². The van der Waals surface area contributed by atoms with E-state index in [9.17, 15) is 4.79 Å². The number of benzene rings is 1. The first-order chi connectivity index (χ1) is 13.8. The third kappa shape index (κ3) is 3.52. The van der Waals surface area contributed by atoms with Crippen LogP contribution in [0.2, 0.25) is 0 Å². The minimum Gasteiger partial charge on any atom is -0.476 e. The Kier molecular flexibility index (Phi) is 4.35. The largest absolute Gasteiger partial charge is 0.476 e. The highest BCUT2D eigenvalue weighted by molar-refractivity contribution is 5.93. The first-order valence-electron chi connectivity index (χ1n) is 9.74. The zero-order valence-corrected chi connectivity index (χ0v) is 15.5. The highest BCUT2D eigenvalue weighted by atomic mass is 16.5. The quantitative estimate of drug-likeness (QED) is 0.682. The van der Waals surface area contributed by atoms with Gasteiger partial charge in [-0.15, -0.1) is 5.10 Å². The van der Waals surface area contributed by atoms with Gasteiger partial charge in [-0.3, -0.25) is 9.78 Å². The molecule has 0 spiro atoms. The summed E-state index contributed by atoms with van der Waals surface area (Å²) in [5.74, 6) is 1.35. The van der Waals surface area contributed by atoms with E-state index in [2.05, 4.69) is 20.2 Å². The van der Waals surface area contributed by atoms with Crippen molar-refractivity contribution >= 4 is 16.9 Å². The van der Waals surface area contributed by atoms with Crippen LogP contribution < -0.4 is 4.74 Å². The predicted molar refractivity (Wildman–Crippen MR) is 103 cm³/mol. The van der Waals surface area contributed by atoms with E-state index in [1.807, 2.05) is 41.3 Å². The van der Waals surface area contributed by atoms with Crippen molar-refractivity contribution in [1.29, 1.82) is 0 Å². The number of rotatable bonds is 5. The maximum absolute atomic E-state index is 12.8. The predicted octanol–water partition coefficient (Wildman–Crippen LogP) is 2.84. The molecule has 142 valence electrons. The Morgan fingerprint density at radius 2 is 1.93 bits per heavy atom. The maximum Gasteiger partial charge on any atom is 0.274 e. The lowest BCUT2D eigenvalue weighted by atomic mass is 10.1. The summed E-state index contributed by atoms with van der Waals surface area (Å²) in [6.07, 6.45) is 4.89. The lowest BCUT2D eigenvalue weighted by Crippen LogP contribution is -2.30. The van der Waals surface area contributed by atoms with Crippen LogP contribution in [0.3, 0.4) is 0 Å². The molecule has 1 aromatic carbocycles. The molecule has 2 aliphatic rings. The molecule has 0 radical (unpaired) electrons. The summed E-state index contributed by atoms with van der Waals surface area (Å²) in [5.41, 5.74) is 2.98. The van der Waals surface area contributed by atoms with Crippen molar-refractivity contribution in [3.05, 3.63) is 54.0 Å². The third-order valence-corrected chi connectivity index (χ3v) is 5.36. The molecule has 1 aliphatic carbocycles. The van der Waals surface area contributed by atoms with Crippen LogP contribution in [-0.2, 0) is 0 Å². The molecule has 7 heteroatoms. The smallest absolute Gasteiger partial charge is 0.274 e. The van der Waals surface area contributed by atoms with Crippen molar-refractivity contribution in [3.63, 3.8) is 0 Å². The van der Waals surface area contributed by atoms with Crippen LogP contribution in [-0.4, -0.2) is 50.7 Å². The molecule has 0 bridgehead atoms. The minimum atomic E-state index is -0.0747. The van der Waals surface area contributed by atoms with E-state index in [1.165, 1.54) is 12.8 Å². The number of carbonyl (C=O) groups is 1. The lowest BCUT2D eigenvalue weighted by Gasteiger charge is -2.16. The molecule has 3 aromatic rings. The zero-order valence-electron chi connectivity index (χ0n) is 15.5. The Balaban J connectivity index is 1.18. The number of amides is 1. The number of fused-ring (bicyclic) bond motifs is 1. The molecule has 1 atom stereocenters. The fraction of sp³-hybridized carbons (Fsp3) is 0.381. The molecule has 3 heterocycles. The Morgan fingerprint density at radius 1 is 1.07 bits per heavy atom. The highest BCUT2D eigenvalue weighted by Crippen LogP contribution is 2.38. The van der Waals surface area contributed by atoms with Crippen molar-refractivity contribution in [2.75, 3.05) is 19.7 Å². The van der Waals surface area contributed by atoms with Gasteiger partial charge in [0.2, 0.25) is 5.88 Å². The van der Waals surface area contributed by atoms with Gasteiger partial charge in [0.1, 0.15) is 5.69 Å². The SMILES string of the molecule is O=C(c1cnc2ccccc2n1)N1CCC(COc2ccc(C3CC3)nn2)C1. The Hall–Kier alpha value is -3.09. The van der Waals surface area contributed by atoms with Crippen molar-refractivity contribution in [2.24, 2.45) is 5.92 Å². The number of aromatic nitrogens is 4. The van der Waals surface area contributed by atoms with Crippen molar-refractivity contribution in [2.45, 2.75) is 25.2 Å². The van der Waals surface area contributed by atoms with Crippen LogP contribution in [0.5, 0.6) is 5.88 Å². The summed E-state index contributed by atoms with van der Waals surface area (Å²) < 4.78 is 5.80. The van der Waals surface area contributed by atoms with E-state index in [0.717, 1.165) is 23.1 Å². The van der Waals surface area contributed by atoms with Crippen LogP contribution in [0.1, 0.15) is 41.4 Å². The lowest BCUT2D eigenvalue weighted by molar-refractivity contribution is 0.0777. The number of para-hydroxylation sites is 2. The van der Waals surface area contributed by atoms with Gasteiger partial charge in [0.15, 0.2) is 0 Å². The molecular formula is C21H21N5O2. The molecule has 1 saturated heterocycles. The number of likely N-dealkylation sites (tertiary alicyclic amines) is 1. The normalized spacial score (nSPS) is 19.1. The van der Waals surface area contributed by atoms with Crippen molar-refractivity contribution < 1.29 is 9.53 Å². The van der Waals surface area contributed by atoms with E-state index in [1.54, 1.807) is 6.20 Å². The van der Waals surface area contributed by atoms with Crippen LogP contribution in [0.25, 0.3) is 11.0 Å². The second kappa shape index (κ2) is 7.14. The van der Waals surface area contributed by atoms with Crippen LogP contribution >= 0.6 is 0 Å². The molecule has 1 saturated carbocycles. The first kappa shape index (κ1) is 17.0. The van der Waals surface area contributed by atoms with Gasteiger partial charge in [-0.05, 0) is 37.5 Å². The first-order valence-corrected chi connectivity index (χ1v) is 9.74. The molecule has 1 amide bonds. The average Bonchev–Trinajstić information content (AvgIpc) is 3.49. The van der Waals surface area contributed by atoms with Crippen LogP contribution in [0.4, 0.5) is 0 Å². The van der Waals surface area contributed by atoms with Crippen LogP contribution in [0.15, 0.2) is 42.6 Å². The summed E-state index contributed by atoms with van der Waals surface area (Å²) in [5, 5.41) is 8.40. The fourth-order valence-corrected chi connectivity index (χ4v) is 3.58. The van der Waals surface area contributed by atoms with Gasteiger partial charge in [-0.2, -0.15) is 5.10 Å². The number of ether oxygens (including phenoxy) is 1. The van der Waals surface area contributed by atoms with Crippen molar-refractivity contribution in [3.8, 4) is 5.88 Å². The highest BCUT2D eigenvalue weighted by Gasteiger charge is 2.29. The molecule has 28 heavy (non-hydrogen) atoms. The van der Waals surface area contributed by atoms with Gasteiger partial charge in [-0.1, -0.05) is 12.1 Å². The molecule has 0 N–H and O–H groups in total. The number of hydrogen-bond acceptors (Lipinski definition) is 6. The van der Waals surface area contributed by atoms with Gasteiger partial charge >= 0.3 is 0 Å². The Bertz CT molecular complexity index is 1000. The monoisotopic (exact) mass is 375 g/mol. The van der Waals surface area contributed by atoms with Gasteiger partial charge in [0.25, 0.3) is 5.91 Å². The second-order valence-electron chi connectivity index (χ2n) is 7.53. The molecule has 1 aliphatic heterocycles. The molecule has 7 nitrogen and oxygen atoms in total. The summed E-state index contributed by atoms with van der Waals surface area (Å²) in [7, 11) is 0. The fourth-order valence-electron chi connectivity index (χ4n) is 3.58. The molecular weight excluding hydrogens is 354 g/mol. The van der Waals surface area contributed by atoms with Gasteiger partial charge in [-0.25, -0.2) is 4.98 Å². The Morgan fingerprint density at radius 3 is 2.71 bits per heavy atom. The van der Waals surface area contributed by atoms with Gasteiger partial charge < -0.3 is 9.64 Å². The number of hydrogen-bond donors (Lipinski definition) is 0. The molecule has 2 fully saturated rings. The van der Waals surface area contributed by atoms with E-state index in [4.69, 9.17) is 4.74 Å². The average molecular weight is 375 g/mol. The standard InChI is InChI=1S/C21H21N5O2/c27-21(19-11-22-17-3-1-2-4-18(17)23-19)26-10-9-14(12-26)13-28-20-8-7-16(24-25-20)15-5-6-15/h1-4,7-8,11,14-15H,5-6,9-10,12-13H2. The van der Waals surface area contributed by atoms with E-state index in [0.29, 0.717) is 37.2 Å². The van der Waals surface area contributed by atoms with Gasteiger partial charge in [0, 0.05) is 31.0 Å². The summed E-state index contributed by atoms with van der Waals surface area (Å²) >= 11 is 0. The molecule has 2 aromatic heterocycles. The van der Waals surface area contributed by atoms with E-state index in [-0.39, 0.29) is 11.8 Å². The zero-order chi connectivity index (χ0) is 18.9. The second-order valence-corrected chi connectivity index (χ2v) is 7.53. The van der Waals surface area contributed by atoms with E-state index < -0.39 is 0 Å². The van der Waals surface area contributed by atoms with Gasteiger partial charge in [0.05, 0.1) is 29.5 Å². The number of nitrogens with zero attached hydrogens (tertiary/aromatic N) is 5. The van der Waals surface area contributed by atoms with Crippen molar-refractivity contribution in [1.82, 2.24) is 25.1 Å². The summed E-state index contributed by atoms with van der Waals surface area (Å²) in [6, 6.07) is 11.5. The van der Waals surface area contributed by atoms with E-state index >= 15 is 0 Å². The number of carbonyl (C=O) groups excluding carboxylic acids is 1. The molecule has 1 unspecified atom stereocenters. The van der Waals surface area contributed by atoms with Crippen LogP contribution in [0, 0.1) is 5.92 Å². The Labute approximate surface area is 162 Å². The third-order valence-electron chi connectivity index (χ3n) is 5.36. The molecule has 5 rings (SSSR count).